The van der Waals surface area contributed by atoms with E-state index in [4.69, 9.17) is 5.73 Å². The minimum atomic E-state index is -4.48. The molecule has 0 saturated heterocycles. The van der Waals surface area contributed by atoms with Crippen molar-refractivity contribution in [3.8, 4) is 22.4 Å². The number of alkyl halides is 3. The Hall–Kier alpha value is -3.34. The van der Waals surface area contributed by atoms with Gasteiger partial charge in [0.05, 0.1) is 16.8 Å². The van der Waals surface area contributed by atoms with Crippen LogP contribution >= 0.6 is 0 Å². The molecule has 0 fully saturated rings. The van der Waals surface area contributed by atoms with E-state index in [1.54, 1.807) is 36.4 Å². The molecule has 0 aliphatic heterocycles. The molecule has 3 aromatic carbocycles. The summed E-state index contributed by atoms with van der Waals surface area (Å²) >= 11 is 0. The molecule has 0 amide bonds. The van der Waals surface area contributed by atoms with E-state index in [2.05, 4.69) is 4.98 Å². The van der Waals surface area contributed by atoms with Crippen molar-refractivity contribution >= 4 is 16.6 Å². The van der Waals surface area contributed by atoms with Gasteiger partial charge in [0.1, 0.15) is 0 Å². The average molecular weight is 364 g/mol. The molecule has 4 aromatic rings. The number of nitrogen functional groups attached to an aromatic ring is 1. The number of fused-ring (bicyclic) bond motifs is 1. The second kappa shape index (κ2) is 6.43. The van der Waals surface area contributed by atoms with Crippen molar-refractivity contribution in [3.63, 3.8) is 0 Å². The molecule has 0 saturated carbocycles. The highest BCUT2D eigenvalue weighted by molar-refractivity contribution is 5.93. The zero-order valence-electron chi connectivity index (χ0n) is 14.2. The van der Waals surface area contributed by atoms with E-state index in [1.807, 2.05) is 30.3 Å². The number of nitrogens with two attached hydrogens (primary N) is 1. The number of halogens is 3. The number of anilines is 1. The maximum absolute atomic E-state index is 13.5. The van der Waals surface area contributed by atoms with Crippen LogP contribution < -0.4 is 5.73 Å². The van der Waals surface area contributed by atoms with Gasteiger partial charge in [-0.15, -0.1) is 0 Å². The summed E-state index contributed by atoms with van der Waals surface area (Å²) in [5, 5.41) is 0.441. The monoisotopic (exact) mass is 364 g/mol. The molecule has 2 nitrogen and oxygen atoms in total. The Balaban J connectivity index is 2.08. The van der Waals surface area contributed by atoms with Crippen LogP contribution in [-0.2, 0) is 6.18 Å². The van der Waals surface area contributed by atoms with Crippen LogP contribution in [0.2, 0.25) is 0 Å². The Kier molecular flexibility index (Phi) is 4.07. The summed E-state index contributed by atoms with van der Waals surface area (Å²) in [7, 11) is 0. The summed E-state index contributed by atoms with van der Waals surface area (Å²) < 4.78 is 40.4. The number of hydrogen-bond donors (Lipinski definition) is 1. The minimum Gasteiger partial charge on any atom is -0.399 e. The van der Waals surface area contributed by atoms with Crippen molar-refractivity contribution in [2.24, 2.45) is 0 Å². The van der Waals surface area contributed by atoms with Crippen molar-refractivity contribution in [1.29, 1.82) is 0 Å². The molecule has 0 unspecified atom stereocenters. The molecule has 0 aliphatic rings. The molecule has 1 aromatic heterocycles. The SMILES string of the molecule is Nc1cccc(-c2nc3c(C(F)(F)F)cccc3cc2-c2ccccc2)c1. The van der Waals surface area contributed by atoms with Crippen molar-refractivity contribution in [2.75, 3.05) is 5.73 Å². The van der Waals surface area contributed by atoms with Gasteiger partial charge < -0.3 is 5.73 Å². The van der Waals surface area contributed by atoms with Crippen molar-refractivity contribution in [1.82, 2.24) is 4.98 Å². The third-order valence-corrected chi connectivity index (χ3v) is 4.40. The molecule has 0 bridgehead atoms. The predicted molar refractivity (Wildman–Crippen MR) is 102 cm³/mol. The lowest BCUT2D eigenvalue weighted by atomic mass is 9.96. The summed E-state index contributed by atoms with van der Waals surface area (Å²) in [6.45, 7) is 0. The molecule has 4 rings (SSSR count). The van der Waals surface area contributed by atoms with Crippen molar-refractivity contribution < 1.29 is 13.2 Å². The molecule has 27 heavy (non-hydrogen) atoms. The van der Waals surface area contributed by atoms with Gasteiger partial charge in [0.25, 0.3) is 0 Å². The Morgan fingerprint density at radius 3 is 2.15 bits per heavy atom. The van der Waals surface area contributed by atoms with Gasteiger partial charge in [0.2, 0.25) is 0 Å². The van der Waals surface area contributed by atoms with Crippen molar-refractivity contribution in [3.05, 3.63) is 84.4 Å². The number of benzene rings is 3. The number of hydrogen-bond acceptors (Lipinski definition) is 2. The highest BCUT2D eigenvalue weighted by Gasteiger charge is 2.33. The quantitative estimate of drug-likeness (QED) is 0.432. The highest BCUT2D eigenvalue weighted by Crippen LogP contribution is 2.38. The molecule has 134 valence electrons. The zero-order valence-corrected chi connectivity index (χ0v) is 14.2. The molecule has 0 spiro atoms. The van der Waals surface area contributed by atoms with Crippen LogP contribution in [0.4, 0.5) is 18.9 Å². The zero-order chi connectivity index (χ0) is 19.0. The summed E-state index contributed by atoms with van der Waals surface area (Å²) in [4.78, 5) is 4.45. The van der Waals surface area contributed by atoms with E-state index in [-0.39, 0.29) is 5.52 Å². The van der Waals surface area contributed by atoms with Crippen molar-refractivity contribution in [2.45, 2.75) is 6.18 Å². The summed E-state index contributed by atoms with van der Waals surface area (Å²) in [6, 6.07) is 22.3. The van der Waals surface area contributed by atoms with Crippen LogP contribution in [0, 0.1) is 0 Å². The van der Waals surface area contributed by atoms with Crippen LogP contribution in [-0.4, -0.2) is 4.98 Å². The second-order valence-electron chi connectivity index (χ2n) is 6.25. The predicted octanol–water partition coefficient (Wildman–Crippen LogP) is 6.17. The van der Waals surface area contributed by atoms with Crippen LogP contribution in [0.3, 0.4) is 0 Å². The Bertz CT molecular complexity index is 1120. The fourth-order valence-corrected chi connectivity index (χ4v) is 3.17. The molecular formula is C22H15F3N2. The van der Waals surface area contributed by atoms with E-state index in [0.29, 0.717) is 22.3 Å². The third-order valence-electron chi connectivity index (χ3n) is 4.40. The van der Waals surface area contributed by atoms with Crippen LogP contribution in [0.1, 0.15) is 5.56 Å². The fraction of sp³-hybridized carbons (Fsp3) is 0.0455. The van der Waals surface area contributed by atoms with Gasteiger partial charge in [0.15, 0.2) is 0 Å². The minimum absolute atomic E-state index is 0.0675. The molecule has 0 aliphatic carbocycles. The summed E-state index contributed by atoms with van der Waals surface area (Å²) in [5.41, 5.74) is 8.38. The van der Waals surface area contributed by atoms with E-state index < -0.39 is 11.7 Å². The average Bonchev–Trinajstić information content (AvgIpc) is 2.66. The normalized spacial score (nSPS) is 11.7. The Morgan fingerprint density at radius 2 is 1.44 bits per heavy atom. The molecule has 1 heterocycles. The Labute approximate surface area is 154 Å². The first-order valence-corrected chi connectivity index (χ1v) is 8.36. The highest BCUT2D eigenvalue weighted by atomic mass is 19.4. The lowest BCUT2D eigenvalue weighted by molar-refractivity contribution is -0.136. The maximum atomic E-state index is 13.5. The number of para-hydroxylation sites is 1. The topological polar surface area (TPSA) is 38.9 Å². The van der Waals surface area contributed by atoms with Gasteiger partial charge >= 0.3 is 6.18 Å². The van der Waals surface area contributed by atoms with Crippen LogP contribution in [0.5, 0.6) is 0 Å². The molecular weight excluding hydrogens is 349 g/mol. The number of nitrogens with zero attached hydrogens (tertiary/aromatic N) is 1. The van der Waals surface area contributed by atoms with Gasteiger partial charge in [-0.1, -0.05) is 54.6 Å². The third kappa shape index (κ3) is 3.24. The molecule has 2 N–H and O–H groups in total. The van der Waals surface area contributed by atoms with Crippen LogP contribution in [0.15, 0.2) is 78.9 Å². The van der Waals surface area contributed by atoms with Gasteiger partial charge in [0, 0.05) is 22.2 Å². The lowest BCUT2D eigenvalue weighted by Crippen LogP contribution is -2.07. The van der Waals surface area contributed by atoms with E-state index in [1.165, 1.54) is 6.07 Å². The van der Waals surface area contributed by atoms with E-state index in [0.717, 1.165) is 17.2 Å². The van der Waals surface area contributed by atoms with E-state index in [9.17, 15) is 13.2 Å². The molecule has 5 heteroatoms. The first kappa shape index (κ1) is 17.1. The first-order chi connectivity index (χ1) is 12.9. The summed E-state index contributed by atoms with van der Waals surface area (Å²) in [6.07, 6.45) is -4.48. The fourth-order valence-electron chi connectivity index (χ4n) is 3.17. The standard InChI is InChI=1S/C22H15F3N2/c23-22(24,25)19-11-5-9-16-13-18(14-6-2-1-3-7-14)20(27-21(16)19)15-8-4-10-17(26)12-15/h1-13H,26H2. The maximum Gasteiger partial charge on any atom is 0.418 e. The number of rotatable bonds is 2. The van der Waals surface area contributed by atoms with Crippen LogP contribution in [0.25, 0.3) is 33.3 Å². The number of aromatic nitrogens is 1. The molecule has 0 atom stereocenters. The van der Waals surface area contributed by atoms with Gasteiger partial charge in [-0.2, -0.15) is 13.2 Å². The first-order valence-electron chi connectivity index (χ1n) is 8.36. The van der Waals surface area contributed by atoms with Gasteiger partial charge in [-0.25, -0.2) is 4.98 Å². The smallest absolute Gasteiger partial charge is 0.399 e. The largest absolute Gasteiger partial charge is 0.418 e. The Morgan fingerprint density at radius 1 is 0.741 bits per heavy atom. The molecule has 0 radical (unpaired) electrons. The van der Waals surface area contributed by atoms with Gasteiger partial charge in [-0.05, 0) is 29.8 Å². The van der Waals surface area contributed by atoms with Gasteiger partial charge in [-0.3, -0.25) is 0 Å². The van der Waals surface area contributed by atoms with E-state index >= 15 is 0 Å². The second-order valence-corrected chi connectivity index (χ2v) is 6.25. The number of pyridine rings is 1. The lowest BCUT2D eigenvalue weighted by Gasteiger charge is -2.15. The summed E-state index contributed by atoms with van der Waals surface area (Å²) in [5.74, 6) is 0.